The molecule has 300 valence electrons. The molecule has 0 aromatic heterocycles. The fourth-order valence-corrected chi connectivity index (χ4v) is 9.34. The molecule has 0 heterocycles. The summed E-state index contributed by atoms with van der Waals surface area (Å²) in [6.07, 6.45) is 2.05. The fraction of sp³-hybridized carbons (Fsp3) is 0.0980. The quantitative estimate of drug-likeness (QED) is 0.0798. The second kappa shape index (κ2) is 19.5. The van der Waals surface area contributed by atoms with Gasteiger partial charge in [0.15, 0.2) is 0 Å². The monoisotopic (exact) mass is 846 g/mol. The third kappa shape index (κ3) is 9.96. The number of hydrogen-bond acceptors (Lipinski definition) is 7. The highest BCUT2D eigenvalue weighted by atomic mass is 32.2. The van der Waals surface area contributed by atoms with Crippen molar-refractivity contribution in [1.29, 1.82) is 0 Å². The molecule has 0 radical (unpaired) electrons. The van der Waals surface area contributed by atoms with Gasteiger partial charge in [-0.3, -0.25) is 4.52 Å². The lowest BCUT2D eigenvalue weighted by atomic mass is 10.1. The van der Waals surface area contributed by atoms with Crippen LogP contribution in [0.1, 0.15) is 25.0 Å². The second-order valence-corrected chi connectivity index (χ2v) is 16.6. The van der Waals surface area contributed by atoms with Crippen molar-refractivity contribution in [3.05, 3.63) is 193 Å². The van der Waals surface area contributed by atoms with E-state index in [1.807, 2.05) is 142 Å². The van der Waals surface area contributed by atoms with Gasteiger partial charge in [0, 0.05) is 10.5 Å². The molecule has 0 N–H and O–H groups in total. The SMILES string of the molecule is CC.CSc1cc(C)c(OP(Oc2ccc3ccccc3c2)Oc2ccc3ccccc3c2)c(COP(Oc2ccc3ccccc3c2)Oc2ccc3ccccc3c2)c1. The highest BCUT2D eigenvalue weighted by Gasteiger charge is 2.26. The molecule has 0 bridgehead atoms. The normalized spacial score (nSPS) is 11.2. The van der Waals surface area contributed by atoms with Gasteiger partial charge in [-0.2, -0.15) is 0 Å². The van der Waals surface area contributed by atoms with Crippen LogP contribution in [0.3, 0.4) is 0 Å². The Morgan fingerprint density at radius 2 is 0.750 bits per heavy atom. The Morgan fingerprint density at radius 1 is 0.400 bits per heavy atom. The van der Waals surface area contributed by atoms with Gasteiger partial charge >= 0.3 is 17.2 Å². The fourth-order valence-electron chi connectivity index (χ4n) is 6.73. The maximum absolute atomic E-state index is 6.83. The lowest BCUT2D eigenvalue weighted by molar-refractivity contribution is 0.253. The van der Waals surface area contributed by atoms with E-state index in [1.54, 1.807) is 11.8 Å². The summed E-state index contributed by atoms with van der Waals surface area (Å²) in [4.78, 5) is 1.06. The van der Waals surface area contributed by atoms with Crippen LogP contribution in [0.4, 0.5) is 0 Å². The largest absolute Gasteiger partial charge is 0.530 e. The van der Waals surface area contributed by atoms with Gasteiger partial charge in [-0.1, -0.05) is 135 Å². The van der Waals surface area contributed by atoms with Crippen molar-refractivity contribution in [3.63, 3.8) is 0 Å². The molecule has 9 rings (SSSR count). The molecule has 0 aliphatic rings. The van der Waals surface area contributed by atoms with E-state index in [9.17, 15) is 0 Å². The molecule has 0 atom stereocenters. The molecule has 0 saturated carbocycles. The molecule has 9 aromatic rings. The number of fused-ring (bicyclic) bond motifs is 4. The molecule has 0 aliphatic carbocycles. The molecule has 9 heteroatoms. The summed E-state index contributed by atoms with van der Waals surface area (Å²) in [5.41, 5.74) is 1.72. The van der Waals surface area contributed by atoms with Crippen LogP contribution >= 0.6 is 29.0 Å². The third-order valence-electron chi connectivity index (χ3n) is 9.66. The van der Waals surface area contributed by atoms with E-state index in [0.717, 1.165) is 59.1 Å². The average Bonchev–Trinajstić information content (AvgIpc) is 3.29. The first-order valence-electron chi connectivity index (χ1n) is 19.8. The molecule has 0 fully saturated rings. The van der Waals surface area contributed by atoms with Crippen LogP contribution in [0.25, 0.3) is 43.1 Å². The number of thioether (sulfide) groups is 1. The Morgan fingerprint density at radius 3 is 1.12 bits per heavy atom. The van der Waals surface area contributed by atoms with Crippen LogP contribution in [0, 0.1) is 6.92 Å². The minimum absolute atomic E-state index is 0.132. The summed E-state index contributed by atoms with van der Waals surface area (Å²) in [6.45, 7) is 6.16. The average molecular weight is 847 g/mol. The topological polar surface area (TPSA) is 55.4 Å². The summed E-state index contributed by atoms with van der Waals surface area (Å²) in [7, 11) is -3.94. The van der Waals surface area contributed by atoms with Crippen molar-refractivity contribution in [2.24, 2.45) is 0 Å². The van der Waals surface area contributed by atoms with Gasteiger partial charge < -0.3 is 22.6 Å². The first-order valence-corrected chi connectivity index (χ1v) is 23.2. The Balaban J connectivity index is 0.00000246. The minimum Gasteiger partial charge on any atom is -0.418 e. The lowest BCUT2D eigenvalue weighted by Crippen LogP contribution is -2.07. The maximum Gasteiger partial charge on any atom is 0.530 e. The van der Waals surface area contributed by atoms with Gasteiger partial charge in [0.05, 0.1) is 6.61 Å². The first kappa shape index (κ1) is 40.9. The molecule has 9 aromatic carbocycles. The van der Waals surface area contributed by atoms with Gasteiger partial charge in [0.2, 0.25) is 0 Å². The minimum atomic E-state index is -2.01. The maximum atomic E-state index is 6.83. The van der Waals surface area contributed by atoms with Crippen LogP contribution in [-0.2, 0) is 11.1 Å². The van der Waals surface area contributed by atoms with Gasteiger partial charge in [-0.15, -0.1) is 11.8 Å². The summed E-state index contributed by atoms with van der Waals surface area (Å²) in [5, 5.41) is 8.71. The lowest BCUT2D eigenvalue weighted by Gasteiger charge is -2.23. The van der Waals surface area contributed by atoms with Crippen LogP contribution in [-0.4, -0.2) is 6.26 Å². The zero-order valence-electron chi connectivity index (χ0n) is 33.8. The molecule has 6 nitrogen and oxygen atoms in total. The van der Waals surface area contributed by atoms with Gasteiger partial charge in [0.25, 0.3) is 0 Å². The second-order valence-electron chi connectivity index (χ2n) is 13.6. The molecule has 0 saturated heterocycles. The highest BCUT2D eigenvalue weighted by molar-refractivity contribution is 7.98. The van der Waals surface area contributed by atoms with Gasteiger partial charge in [0.1, 0.15) is 28.7 Å². The molecule has 0 aliphatic heterocycles. The van der Waals surface area contributed by atoms with Crippen molar-refractivity contribution in [1.82, 2.24) is 0 Å². The summed E-state index contributed by atoms with van der Waals surface area (Å²) in [5.74, 6) is 3.17. The van der Waals surface area contributed by atoms with E-state index >= 15 is 0 Å². The van der Waals surface area contributed by atoms with E-state index in [1.165, 1.54) is 0 Å². The van der Waals surface area contributed by atoms with Crippen molar-refractivity contribution in [3.8, 4) is 28.7 Å². The number of hydrogen-bond donors (Lipinski definition) is 0. The smallest absolute Gasteiger partial charge is 0.418 e. The number of benzene rings is 9. The predicted octanol–water partition coefficient (Wildman–Crippen LogP) is 16.0. The first-order chi connectivity index (χ1) is 29.5. The molecule has 0 unspecified atom stereocenters. The van der Waals surface area contributed by atoms with Crippen molar-refractivity contribution in [2.45, 2.75) is 32.3 Å². The van der Waals surface area contributed by atoms with Crippen LogP contribution in [0.5, 0.6) is 28.7 Å². The summed E-state index contributed by atoms with van der Waals surface area (Å²) in [6, 6.07) is 60.9. The number of aryl methyl sites for hydroxylation is 1. The number of rotatable bonds is 14. The van der Waals surface area contributed by atoms with E-state index in [0.29, 0.717) is 28.7 Å². The van der Waals surface area contributed by atoms with Crippen molar-refractivity contribution < 1.29 is 27.1 Å². The summed E-state index contributed by atoms with van der Waals surface area (Å²) < 4.78 is 39.7. The standard InChI is InChI=1S/C49H38O6P2S.C2H6/c1-34-27-48(58-2)32-43(33-50-56(51-44-23-19-35-11-3-7-15-39(35)28-44)52-45-24-20-36-12-4-8-16-40(36)29-45)49(34)55-57(53-46-25-21-37-13-5-9-17-41(37)30-46)54-47-26-22-38-14-6-10-18-42(38)31-47;1-2/h3-32H,33H2,1-2H3;1-2H3. The predicted molar refractivity (Wildman–Crippen MR) is 252 cm³/mol. The van der Waals surface area contributed by atoms with E-state index in [-0.39, 0.29) is 6.61 Å². The molecular weight excluding hydrogens is 803 g/mol. The Kier molecular flexibility index (Phi) is 13.3. The van der Waals surface area contributed by atoms with Crippen molar-refractivity contribution >= 4 is 72.1 Å². The van der Waals surface area contributed by atoms with Gasteiger partial charge in [-0.25, -0.2) is 0 Å². The Labute approximate surface area is 358 Å². The molecule has 60 heavy (non-hydrogen) atoms. The van der Waals surface area contributed by atoms with Crippen LogP contribution in [0.2, 0.25) is 0 Å². The van der Waals surface area contributed by atoms with Crippen molar-refractivity contribution in [2.75, 3.05) is 6.26 Å². The van der Waals surface area contributed by atoms with Crippen LogP contribution in [0.15, 0.2) is 187 Å². The Bertz CT molecular complexity index is 2720. The zero-order chi connectivity index (χ0) is 41.3. The summed E-state index contributed by atoms with van der Waals surface area (Å²) >= 11 is 1.65. The zero-order valence-corrected chi connectivity index (χ0v) is 36.4. The Hall–Kier alpha value is -5.81. The molecule has 0 spiro atoms. The third-order valence-corrected chi connectivity index (χ3v) is 12.5. The molecule has 0 amide bonds. The van der Waals surface area contributed by atoms with E-state index in [4.69, 9.17) is 27.1 Å². The molecular formula is C51H44O6P2S. The van der Waals surface area contributed by atoms with E-state index < -0.39 is 17.2 Å². The van der Waals surface area contributed by atoms with Gasteiger partial charge in [-0.05, 0) is 122 Å². The highest BCUT2D eigenvalue weighted by Crippen LogP contribution is 2.48. The van der Waals surface area contributed by atoms with E-state index in [2.05, 4.69) is 66.9 Å². The van der Waals surface area contributed by atoms with Crippen LogP contribution < -0.4 is 22.6 Å².